The summed E-state index contributed by atoms with van der Waals surface area (Å²) in [6.45, 7) is 13.8. The van der Waals surface area contributed by atoms with Gasteiger partial charge in [-0.3, -0.25) is 0 Å². The highest BCUT2D eigenvalue weighted by molar-refractivity contribution is 6.17. The Balaban J connectivity index is 0.000000110. The summed E-state index contributed by atoms with van der Waals surface area (Å²) < 4.78 is 19.5. The molecule has 6 heterocycles. The number of benzene rings is 17. The Morgan fingerprint density at radius 2 is 0.364 bits per heavy atom. The third-order valence-electron chi connectivity index (χ3n) is 26.8. The SMILES string of the molecule is CC1(C)c2ccccc2-c2cc3c(cc21)oc1cccc(-c2ccc(-c4nc(-c5ccccc5)nc(-c5ccccc5)n4)cc2)c13.CC1(C)c2ccccc2-c2cc3c(cc21)oc1cccc(-c2nc(-c4ccccc4)nc(-c4ccc(-c5ccccc5)cc4)n2)c13.CC1(C)c2ccccc2-c2cc3c(cc21)oc1cccc(-c2nc(-c4ccccc4)nc(-c4ccccc4)n2)c13. The minimum Gasteiger partial charge on any atom is -0.456 e. The van der Waals surface area contributed by atoms with E-state index >= 15 is 0 Å². The van der Waals surface area contributed by atoms with Crippen molar-refractivity contribution in [1.82, 2.24) is 44.9 Å². The Bertz CT molecular complexity index is 8390. The van der Waals surface area contributed by atoms with Gasteiger partial charge in [-0.15, -0.1) is 0 Å². The third-order valence-corrected chi connectivity index (χ3v) is 26.8. The molecular weight excluding hydrogens is 1620 g/mol. The molecule has 0 atom stereocenters. The molecule has 132 heavy (non-hydrogen) atoms. The van der Waals surface area contributed by atoms with Gasteiger partial charge < -0.3 is 13.3 Å². The smallest absolute Gasteiger partial charge is 0.164 e. The van der Waals surface area contributed by atoms with Crippen LogP contribution in [0.25, 0.3) is 224 Å². The van der Waals surface area contributed by atoms with Gasteiger partial charge in [0.05, 0.1) is 0 Å². The topological polar surface area (TPSA) is 155 Å². The summed E-state index contributed by atoms with van der Waals surface area (Å²) in [6, 6.07) is 136. The Labute approximate surface area is 762 Å². The van der Waals surface area contributed by atoms with Crippen LogP contribution >= 0.6 is 0 Å². The molecule has 0 unspecified atom stereocenters. The van der Waals surface area contributed by atoms with Crippen LogP contribution < -0.4 is 0 Å². The second-order valence-electron chi connectivity index (χ2n) is 35.8. The molecule has 0 radical (unpaired) electrons. The molecule has 626 valence electrons. The highest BCUT2D eigenvalue weighted by atomic mass is 16.3. The number of furan rings is 3. The first-order valence-electron chi connectivity index (χ1n) is 44.8. The Hall–Kier alpha value is -16.8. The lowest BCUT2D eigenvalue weighted by Crippen LogP contribution is -2.14. The fraction of sp³-hybridized carbons (Fsp3) is 0.0750. The number of aromatic nitrogens is 9. The van der Waals surface area contributed by atoms with Crippen molar-refractivity contribution in [2.45, 2.75) is 57.8 Å². The summed E-state index contributed by atoms with van der Waals surface area (Å²) in [6.07, 6.45) is 0. The monoisotopic (exact) mass is 1700 g/mol. The van der Waals surface area contributed by atoms with Crippen LogP contribution in [0.15, 0.2) is 408 Å². The molecule has 0 fully saturated rings. The Kier molecular flexibility index (Phi) is 18.6. The van der Waals surface area contributed by atoms with Crippen molar-refractivity contribution >= 4 is 65.8 Å². The van der Waals surface area contributed by atoms with Crippen LogP contribution in [0.3, 0.4) is 0 Å². The molecule has 12 heteroatoms. The van der Waals surface area contributed by atoms with Gasteiger partial charge in [-0.1, -0.05) is 381 Å². The van der Waals surface area contributed by atoms with Crippen molar-refractivity contribution in [1.29, 1.82) is 0 Å². The average Bonchev–Trinajstić information content (AvgIpc) is 1.56. The third kappa shape index (κ3) is 13.4. The van der Waals surface area contributed by atoms with Gasteiger partial charge >= 0.3 is 0 Å². The first-order valence-corrected chi connectivity index (χ1v) is 44.8. The van der Waals surface area contributed by atoms with Crippen LogP contribution in [-0.4, -0.2) is 44.9 Å². The highest BCUT2D eigenvalue weighted by Crippen LogP contribution is 2.56. The van der Waals surface area contributed by atoms with Gasteiger partial charge in [0.15, 0.2) is 52.4 Å². The van der Waals surface area contributed by atoms with Gasteiger partial charge in [-0.25, -0.2) is 44.9 Å². The molecule has 26 rings (SSSR count). The zero-order valence-corrected chi connectivity index (χ0v) is 73.3. The lowest BCUT2D eigenvalue weighted by atomic mass is 9.82. The maximum Gasteiger partial charge on any atom is 0.164 e. The fourth-order valence-corrected chi connectivity index (χ4v) is 20.1. The molecule has 23 aromatic rings. The summed E-state index contributed by atoms with van der Waals surface area (Å²) >= 11 is 0. The van der Waals surface area contributed by atoms with E-state index in [1.165, 1.54) is 72.3 Å². The van der Waals surface area contributed by atoms with Crippen LogP contribution in [0.5, 0.6) is 0 Å². The number of rotatable bonds is 11. The number of hydrogen-bond acceptors (Lipinski definition) is 12. The number of nitrogens with zero attached hydrogens (tertiary/aromatic N) is 9. The van der Waals surface area contributed by atoms with Crippen LogP contribution in [0.4, 0.5) is 0 Å². The fourth-order valence-electron chi connectivity index (χ4n) is 20.1. The van der Waals surface area contributed by atoms with E-state index in [2.05, 4.69) is 254 Å². The van der Waals surface area contributed by atoms with Crippen molar-refractivity contribution in [3.05, 3.63) is 428 Å². The van der Waals surface area contributed by atoms with Crippen molar-refractivity contribution in [3.63, 3.8) is 0 Å². The van der Waals surface area contributed by atoms with Gasteiger partial charge in [-0.05, 0) is 144 Å². The van der Waals surface area contributed by atoms with Gasteiger partial charge in [0, 0.05) is 98.6 Å². The molecule has 0 amide bonds. The molecule has 0 saturated carbocycles. The predicted molar refractivity (Wildman–Crippen MR) is 534 cm³/mol. The zero-order valence-electron chi connectivity index (χ0n) is 73.3. The summed E-state index contributed by atoms with van der Waals surface area (Å²) in [5.41, 5.74) is 33.6. The molecular formula is C120H83N9O3. The highest BCUT2D eigenvalue weighted by Gasteiger charge is 2.40. The first kappa shape index (κ1) is 78.6. The van der Waals surface area contributed by atoms with Crippen molar-refractivity contribution in [3.8, 4) is 158 Å². The molecule has 0 bridgehead atoms. The van der Waals surface area contributed by atoms with Crippen LogP contribution in [-0.2, 0) is 16.2 Å². The Morgan fingerprint density at radius 3 is 0.659 bits per heavy atom. The van der Waals surface area contributed by atoms with E-state index in [1.807, 2.05) is 182 Å². The van der Waals surface area contributed by atoms with E-state index in [-0.39, 0.29) is 16.2 Å². The van der Waals surface area contributed by atoms with Gasteiger partial charge in [0.25, 0.3) is 0 Å². The van der Waals surface area contributed by atoms with E-state index in [0.29, 0.717) is 52.4 Å². The standard InChI is InChI=1S/2C42H29N3O.C36H25N3O/c1-42(2)34-18-10-9-16-31(34)32-24-33-37(25-35(32)42)46-36-19-11-17-30(38(33)36)26-20-22-29(23-21-26)41-44-39(27-12-5-3-6-13-27)43-40(45-41)28-14-7-4-8-15-28;1-42(2)34-18-10-9-16-30(34)32-24-33-37(25-35(32)42)46-36-19-11-17-31(38(33)36)41-44-39(28-14-7-4-8-15-28)43-40(45-41)29-22-20-27(21-23-29)26-12-5-3-6-13-26;1-36(2)28-18-10-9-16-24(28)26-20-27-31(21-29(26)36)40-30-19-11-17-25(32(27)30)35-38-33(22-12-5-3-6-13-22)37-34(39-35)23-14-7-4-8-15-23/h2*3-25H,1-2H3;3-21H,1-2H3. The lowest BCUT2D eigenvalue weighted by molar-refractivity contribution is 0.647. The van der Waals surface area contributed by atoms with Crippen molar-refractivity contribution in [2.24, 2.45) is 0 Å². The second-order valence-corrected chi connectivity index (χ2v) is 35.8. The summed E-state index contributed by atoms with van der Waals surface area (Å²) in [5.74, 6) is 5.74. The summed E-state index contributed by atoms with van der Waals surface area (Å²) in [5, 5.41) is 6.43. The maximum atomic E-state index is 6.55. The summed E-state index contributed by atoms with van der Waals surface area (Å²) in [7, 11) is 0. The molecule has 3 aliphatic carbocycles. The molecule has 0 N–H and O–H groups in total. The molecule has 0 spiro atoms. The second kappa shape index (κ2) is 31.3. The van der Waals surface area contributed by atoms with Crippen molar-refractivity contribution < 1.29 is 13.3 Å². The zero-order chi connectivity index (χ0) is 88.5. The van der Waals surface area contributed by atoms with Gasteiger partial charge in [0.1, 0.15) is 33.5 Å². The van der Waals surface area contributed by atoms with E-state index in [1.54, 1.807) is 0 Å². The van der Waals surface area contributed by atoms with E-state index in [9.17, 15) is 0 Å². The van der Waals surface area contributed by atoms with Crippen molar-refractivity contribution in [2.75, 3.05) is 0 Å². The number of hydrogen-bond donors (Lipinski definition) is 0. The molecule has 3 aliphatic rings. The van der Waals surface area contributed by atoms with E-state index < -0.39 is 0 Å². The van der Waals surface area contributed by atoms with E-state index in [0.717, 1.165) is 133 Å². The minimum atomic E-state index is -0.105. The molecule has 12 nitrogen and oxygen atoms in total. The lowest BCUT2D eigenvalue weighted by Gasteiger charge is -2.21. The summed E-state index contributed by atoms with van der Waals surface area (Å²) in [4.78, 5) is 44.7. The molecule has 6 aromatic heterocycles. The predicted octanol–water partition coefficient (Wildman–Crippen LogP) is 30.6. The average molecular weight is 1700 g/mol. The Morgan fingerprint density at radius 1 is 0.152 bits per heavy atom. The normalized spacial score (nSPS) is 13.3. The maximum absolute atomic E-state index is 6.55. The van der Waals surface area contributed by atoms with Crippen LogP contribution in [0, 0.1) is 0 Å². The molecule has 0 aliphatic heterocycles. The van der Waals surface area contributed by atoms with Gasteiger partial charge in [0.2, 0.25) is 0 Å². The molecule has 17 aromatic carbocycles. The van der Waals surface area contributed by atoms with Crippen LogP contribution in [0.2, 0.25) is 0 Å². The van der Waals surface area contributed by atoms with Crippen LogP contribution in [0.1, 0.15) is 74.9 Å². The molecule has 0 saturated heterocycles. The number of fused-ring (bicyclic) bond motifs is 18. The largest absolute Gasteiger partial charge is 0.456 e. The quantitative estimate of drug-likeness (QED) is 0.121. The van der Waals surface area contributed by atoms with E-state index in [4.69, 9.17) is 58.1 Å². The van der Waals surface area contributed by atoms with Gasteiger partial charge in [-0.2, -0.15) is 0 Å². The first-order chi connectivity index (χ1) is 64.7. The minimum absolute atomic E-state index is 0.0759.